The molecule has 4 rings (SSSR count). The van der Waals surface area contributed by atoms with Crippen molar-refractivity contribution in [3.05, 3.63) is 95.6 Å². The van der Waals surface area contributed by atoms with Gasteiger partial charge in [-0.2, -0.15) is 4.31 Å². The van der Waals surface area contributed by atoms with Crippen LogP contribution < -0.4 is 10.1 Å². The van der Waals surface area contributed by atoms with Crippen LogP contribution in [-0.2, 0) is 23.0 Å². The first-order valence-corrected chi connectivity index (χ1v) is 14.3. The minimum absolute atomic E-state index is 0.0793. The molecule has 1 N–H and O–H groups in total. The third-order valence-electron chi connectivity index (χ3n) is 6.52. The predicted molar refractivity (Wildman–Crippen MR) is 145 cm³/mol. The van der Waals surface area contributed by atoms with Gasteiger partial charge in [0.25, 0.3) is 5.91 Å². The molecule has 0 atom stereocenters. The van der Waals surface area contributed by atoms with Crippen molar-refractivity contribution in [3.63, 3.8) is 0 Å². The van der Waals surface area contributed by atoms with Crippen LogP contribution in [-0.4, -0.2) is 62.9 Å². The lowest BCUT2D eigenvalue weighted by Gasteiger charge is -2.34. The molecular weight excluding hydrogens is 486 g/mol. The summed E-state index contributed by atoms with van der Waals surface area (Å²) in [5.74, 6) is 0.829. The topological polar surface area (TPSA) is 79.0 Å². The average molecular weight is 522 g/mol. The molecule has 1 fully saturated rings. The fraction of sp³-hybridized carbons (Fsp3) is 0.345. The number of ether oxygens (including phenoxy) is 1. The molecule has 0 saturated carbocycles. The van der Waals surface area contributed by atoms with Crippen LogP contribution in [0.3, 0.4) is 0 Å². The van der Waals surface area contributed by atoms with Crippen LogP contribution in [0, 0.1) is 0 Å². The lowest BCUT2D eigenvalue weighted by Crippen LogP contribution is -2.48. The fourth-order valence-electron chi connectivity index (χ4n) is 4.48. The number of carbonyl (C=O) groups is 1. The van der Waals surface area contributed by atoms with Gasteiger partial charge in [-0.25, -0.2) is 8.42 Å². The Bertz CT molecular complexity index is 1260. The zero-order valence-electron chi connectivity index (χ0n) is 21.3. The highest BCUT2D eigenvalue weighted by Crippen LogP contribution is 2.20. The molecule has 3 aromatic carbocycles. The molecule has 1 amide bonds. The summed E-state index contributed by atoms with van der Waals surface area (Å²) in [4.78, 5) is 15.1. The van der Waals surface area contributed by atoms with E-state index in [2.05, 4.69) is 16.3 Å². The Morgan fingerprint density at radius 2 is 1.57 bits per heavy atom. The minimum atomic E-state index is -3.45. The molecule has 0 unspecified atom stereocenters. The Labute approximate surface area is 220 Å². The number of hydrogen-bond donors (Lipinski definition) is 1. The predicted octanol–water partition coefficient (Wildman–Crippen LogP) is 3.95. The lowest BCUT2D eigenvalue weighted by molar-refractivity contribution is 0.0953. The van der Waals surface area contributed by atoms with Gasteiger partial charge < -0.3 is 10.1 Å². The van der Waals surface area contributed by atoms with Gasteiger partial charge in [0, 0.05) is 44.8 Å². The molecule has 0 aliphatic carbocycles. The average Bonchev–Trinajstić information content (AvgIpc) is 2.93. The second-order valence-corrected chi connectivity index (χ2v) is 11.0. The first-order chi connectivity index (χ1) is 18.0. The fourth-order valence-corrected chi connectivity index (χ4v) is 5.92. The Morgan fingerprint density at radius 1 is 0.892 bits per heavy atom. The van der Waals surface area contributed by atoms with E-state index in [9.17, 15) is 13.2 Å². The number of aryl methyl sites for hydroxylation is 1. The number of carbonyl (C=O) groups excluding carboxylic acids is 1. The van der Waals surface area contributed by atoms with Gasteiger partial charge in [-0.05, 0) is 61.2 Å². The van der Waals surface area contributed by atoms with E-state index in [-0.39, 0.29) is 5.91 Å². The molecule has 196 valence electrons. The van der Waals surface area contributed by atoms with Crippen molar-refractivity contribution in [3.8, 4) is 5.75 Å². The quantitative estimate of drug-likeness (QED) is 0.387. The van der Waals surface area contributed by atoms with E-state index < -0.39 is 10.0 Å². The summed E-state index contributed by atoms with van der Waals surface area (Å²) < 4.78 is 32.9. The summed E-state index contributed by atoms with van der Waals surface area (Å²) in [6.07, 6.45) is 1.68. The molecule has 0 aromatic heterocycles. The number of piperazine rings is 1. The third kappa shape index (κ3) is 7.19. The number of sulfonamides is 1. The SMILES string of the molecule is CCOc1ccccc1CCCNC(=O)c1ccc(CN2CCN(S(=O)(=O)c3ccccc3)CC2)cc1. The van der Waals surface area contributed by atoms with Crippen molar-refractivity contribution >= 4 is 15.9 Å². The van der Waals surface area contributed by atoms with Gasteiger partial charge in [0.05, 0.1) is 11.5 Å². The normalized spacial score (nSPS) is 14.8. The number of benzene rings is 3. The smallest absolute Gasteiger partial charge is 0.251 e. The van der Waals surface area contributed by atoms with Gasteiger partial charge in [-0.15, -0.1) is 0 Å². The van der Waals surface area contributed by atoms with E-state index in [1.807, 2.05) is 55.5 Å². The number of rotatable bonds is 11. The van der Waals surface area contributed by atoms with E-state index in [1.165, 1.54) is 0 Å². The number of amides is 1. The number of hydrogen-bond acceptors (Lipinski definition) is 5. The van der Waals surface area contributed by atoms with Crippen LogP contribution in [0.15, 0.2) is 83.8 Å². The molecule has 1 heterocycles. The Hall–Kier alpha value is -3.20. The molecule has 7 nitrogen and oxygen atoms in total. The highest BCUT2D eigenvalue weighted by Gasteiger charge is 2.28. The monoisotopic (exact) mass is 521 g/mol. The zero-order chi connectivity index (χ0) is 26.1. The molecule has 0 bridgehead atoms. The molecule has 3 aromatic rings. The van der Waals surface area contributed by atoms with E-state index in [1.54, 1.807) is 28.6 Å². The molecule has 0 radical (unpaired) electrons. The summed E-state index contributed by atoms with van der Waals surface area (Å²) in [7, 11) is -3.45. The first kappa shape index (κ1) is 26.9. The van der Waals surface area contributed by atoms with Gasteiger partial charge >= 0.3 is 0 Å². The number of nitrogens with zero attached hydrogens (tertiary/aromatic N) is 2. The van der Waals surface area contributed by atoms with E-state index in [4.69, 9.17) is 4.74 Å². The van der Waals surface area contributed by atoms with Crippen molar-refractivity contribution in [1.82, 2.24) is 14.5 Å². The van der Waals surface area contributed by atoms with E-state index >= 15 is 0 Å². The summed E-state index contributed by atoms with van der Waals surface area (Å²) in [6, 6.07) is 24.3. The van der Waals surface area contributed by atoms with Crippen molar-refractivity contribution in [2.75, 3.05) is 39.3 Å². The van der Waals surface area contributed by atoms with Crippen LogP contribution in [0.2, 0.25) is 0 Å². The van der Waals surface area contributed by atoms with E-state index in [0.717, 1.165) is 36.3 Å². The van der Waals surface area contributed by atoms with Crippen LogP contribution in [0.4, 0.5) is 0 Å². The maximum atomic E-state index is 12.8. The number of para-hydroxylation sites is 1. The Balaban J connectivity index is 1.21. The highest BCUT2D eigenvalue weighted by atomic mass is 32.2. The first-order valence-electron chi connectivity index (χ1n) is 12.8. The standard InChI is InChI=1S/C29H35N3O4S/c1-2-36-28-13-7-6-9-25(28)10-8-18-30-29(33)26-16-14-24(15-17-26)23-31-19-21-32(22-20-31)37(34,35)27-11-4-3-5-12-27/h3-7,9,11-17H,2,8,10,18-23H2,1H3,(H,30,33). The van der Waals surface area contributed by atoms with Crippen molar-refractivity contribution < 1.29 is 17.9 Å². The second-order valence-electron chi connectivity index (χ2n) is 9.09. The molecule has 0 spiro atoms. The van der Waals surface area contributed by atoms with Gasteiger partial charge in [0.15, 0.2) is 0 Å². The summed E-state index contributed by atoms with van der Waals surface area (Å²) in [5, 5.41) is 3.00. The van der Waals surface area contributed by atoms with E-state index in [0.29, 0.717) is 49.8 Å². The van der Waals surface area contributed by atoms with Crippen LogP contribution in [0.25, 0.3) is 0 Å². The van der Waals surface area contributed by atoms with Crippen molar-refractivity contribution in [1.29, 1.82) is 0 Å². The minimum Gasteiger partial charge on any atom is -0.494 e. The maximum Gasteiger partial charge on any atom is 0.251 e. The third-order valence-corrected chi connectivity index (χ3v) is 8.43. The lowest BCUT2D eigenvalue weighted by atomic mass is 10.1. The largest absolute Gasteiger partial charge is 0.494 e. The summed E-state index contributed by atoms with van der Waals surface area (Å²) in [6.45, 7) is 6.19. The molecule has 37 heavy (non-hydrogen) atoms. The van der Waals surface area contributed by atoms with Crippen LogP contribution in [0.5, 0.6) is 5.75 Å². The Kier molecular flexibility index (Phi) is 9.33. The van der Waals surface area contributed by atoms with Crippen molar-refractivity contribution in [2.45, 2.75) is 31.2 Å². The summed E-state index contributed by atoms with van der Waals surface area (Å²) in [5.41, 5.74) is 2.89. The van der Waals surface area contributed by atoms with Gasteiger partial charge in [0.2, 0.25) is 10.0 Å². The number of nitrogens with one attached hydrogen (secondary N) is 1. The molecule has 8 heteroatoms. The van der Waals surface area contributed by atoms with Gasteiger partial charge in [0.1, 0.15) is 5.75 Å². The highest BCUT2D eigenvalue weighted by molar-refractivity contribution is 7.89. The summed E-state index contributed by atoms with van der Waals surface area (Å²) >= 11 is 0. The van der Waals surface area contributed by atoms with Gasteiger partial charge in [-0.1, -0.05) is 48.5 Å². The Morgan fingerprint density at radius 3 is 2.27 bits per heavy atom. The molecule has 1 saturated heterocycles. The molecule has 1 aliphatic heterocycles. The molecule has 1 aliphatic rings. The van der Waals surface area contributed by atoms with Gasteiger partial charge in [-0.3, -0.25) is 9.69 Å². The molecular formula is C29H35N3O4S. The maximum absolute atomic E-state index is 12.8. The zero-order valence-corrected chi connectivity index (χ0v) is 22.1. The second kappa shape index (κ2) is 12.9. The van der Waals surface area contributed by atoms with Crippen LogP contribution in [0.1, 0.15) is 34.8 Å². The van der Waals surface area contributed by atoms with Crippen molar-refractivity contribution in [2.24, 2.45) is 0 Å². The van der Waals surface area contributed by atoms with Crippen LogP contribution >= 0.6 is 0 Å².